The van der Waals surface area contributed by atoms with Gasteiger partial charge < -0.3 is 10.3 Å². The number of amides is 1. The Balaban J connectivity index is 1.72. The molecule has 130 valence electrons. The number of carbonyl (C=O) groups excluding carboxylic acids is 1. The van der Waals surface area contributed by atoms with Crippen LogP contribution in [0.25, 0.3) is 10.9 Å². The van der Waals surface area contributed by atoms with Crippen LogP contribution in [-0.4, -0.2) is 16.9 Å². The van der Waals surface area contributed by atoms with Crippen molar-refractivity contribution in [2.24, 2.45) is 5.92 Å². The third-order valence-corrected chi connectivity index (χ3v) is 5.60. The van der Waals surface area contributed by atoms with Crippen molar-refractivity contribution >= 4 is 28.4 Å². The number of hydrogen-bond acceptors (Lipinski definition) is 1. The monoisotopic (exact) mass is 346 g/mol. The van der Waals surface area contributed by atoms with Gasteiger partial charge in [0.1, 0.15) is 0 Å². The number of halogens is 1. The summed E-state index contributed by atoms with van der Waals surface area (Å²) in [5.74, 6) is 0.390. The second-order valence-corrected chi connectivity index (χ2v) is 7.35. The Morgan fingerprint density at radius 1 is 1.42 bits per heavy atom. The average molecular weight is 347 g/mol. The van der Waals surface area contributed by atoms with E-state index in [1.165, 1.54) is 16.6 Å². The first-order valence-electron chi connectivity index (χ1n) is 9.22. The fourth-order valence-corrected chi connectivity index (χ4v) is 4.04. The Kier molecular flexibility index (Phi) is 5.50. The third kappa shape index (κ3) is 3.46. The van der Waals surface area contributed by atoms with Gasteiger partial charge in [-0.25, -0.2) is 0 Å². The number of rotatable bonds is 6. The van der Waals surface area contributed by atoms with Crippen LogP contribution in [0, 0.1) is 5.92 Å². The van der Waals surface area contributed by atoms with E-state index in [-0.39, 0.29) is 17.9 Å². The Bertz CT molecular complexity index is 722. The normalized spacial score (nSPS) is 18.4. The lowest BCUT2D eigenvalue weighted by Crippen LogP contribution is -2.41. The highest BCUT2D eigenvalue weighted by Crippen LogP contribution is 2.32. The highest BCUT2D eigenvalue weighted by atomic mass is 35.5. The molecule has 1 aromatic carbocycles. The van der Waals surface area contributed by atoms with Crippen LogP contribution in [0.2, 0.25) is 5.02 Å². The molecule has 3 nitrogen and oxygen atoms in total. The molecule has 0 fully saturated rings. The van der Waals surface area contributed by atoms with E-state index in [9.17, 15) is 4.79 Å². The summed E-state index contributed by atoms with van der Waals surface area (Å²) in [4.78, 5) is 16.1. The molecule has 0 saturated heterocycles. The zero-order chi connectivity index (χ0) is 17.1. The number of aromatic nitrogens is 1. The fraction of sp³-hybridized carbons (Fsp3) is 0.550. The third-order valence-electron chi connectivity index (χ3n) is 5.29. The molecular weight excluding hydrogens is 320 g/mol. The van der Waals surface area contributed by atoms with Crippen LogP contribution in [0.3, 0.4) is 0 Å². The second-order valence-electron chi connectivity index (χ2n) is 6.94. The first-order chi connectivity index (χ1) is 11.6. The zero-order valence-electron chi connectivity index (χ0n) is 14.6. The van der Waals surface area contributed by atoms with Gasteiger partial charge >= 0.3 is 0 Å². The number of hydrogen-bond donors (Lipinski definition) is 2. The predicted octanol–water partition coefficient (Wildman–Crippen LogP) is 5.01. The van der Waals surface area contributed by atoms with E-state index in [0.29, 0.717) is 0 Å². The summed E-state index contributed by atoms with van der Waals surface area (Å²) in [6.45, 7) is 4.29. The topological polar surface area (TPSA) is 44.9 Å². The maximum atomic E-state index is 12.6. The van der Waals surface area contributed by atoms with Gasteiger partial charge in [-0.3, -0.25) is 4.79 Å². The molecule has 2 aromatic rings. The molecule has 1 aliphatic rings. The van der Waals surface area contributed by atoms with Crippen molar-refractivity contribution in [3.63, 3.8) is 0 Å². The lowest BCUT2D eigenvalue weighted by molar-refractivity contribution is -0.126. The minimum absolute atomic E-state index is 0.156. The minimum atomic E-state index is 0.156. The maximum absolute atomic E-state index is 12.6. The number of para-hydroxylation sites is 1. The zero-order valence-corrected chi connectivity index (χ0v) is 15.4. The SMILES string of the molecule is CCCC[C@@H](CC)C(=O)N[C@@H]1CCc2[nH]c3c(Cl)cccc3c2C1. The smallest absolute Gasteiger partial charge is 0.223 e. The highest BCUT2D eigenvalue weighted by molar-refractivity contribution is 6.35. The van der Waals surface area contributed by atoms with Crippen LogP contribution in [0.1, 0.15) is 57.2 Å². The van der Waals surface area contributed by atoms with Gasteiger partial charge in [-0.2, -0.15) is 0 Å². The van der Waals surface area contributed by atoms with Gasteiger partial charge in [0.15, 0.2) is 0 Å². The summed E-state index contributed by atoms with van der Waals surface area (Å²) in [6.07, 6.45) is 7.05. The van der Waals surface area contributed by atoms with Gasteiger partial charge in [-0.15, -0.1) is 0 Å². The summed E-state index contributed by atoms with van der Waals surface area (Å²) < 4.78 is 0. The quantitative estimate of drug-likeness (QED) is 0.758. The number of nitrogens with one attached hydrogen (secondary N) is 2. The Morgan fingerprint density at radius 2 is 2.25 bits per heavy atom. The molecule has 3 rings (SSSR count). The Morgan fingerprint density at radius 3 is 3.00 bits per heavy atom. The Labute approximate surface area is 149 Å². The van der Waals surface area contributed by atoms with Crippen molar-refractivity contribution in [3.05, 3.63) is 34.5 Å². The molecule has 1 amide bonds. The first-order valence-corrected chi connectivity index (χ1v) is 9.60. The van der Waals surface area contributed by atoms with Crippen molar-refractivity contribution in [1.29, 1.82) is 0 Å². The highest BCUT2D eigenvalue weighted by Gasteiger charge is 2.26. The van der Waals surface area contributed by atoms with Crippen molar-refractivity contribution in [3.8, 4) is 0 Å². The van der Waals surface area contributed by atoms with E-state index >= 15 is 0 Å². The van der Waals surface area contributed by atoms with Crippen LogP contribution in [0.4, 0.5) is 0 Å². The van der Waals surface area contributed by atoms with Crippen molar-refractivity contribution in [2.75, 3.05) is 0 Å². The first kappa shape index (κ1) is 17.3. The van der Waals surface area contributed by atoms with Crippen LogP contribution in [0.5, 0.6) is 0 Å². The number of benzene rings is 1. The summed E-state index contributed by atoms with van der Waals surface area (Å²) >= 11 is 6.31. The molecular formula is C20H27ClN2O. The molecule has 0 bridgehead atoms. The van der Waals surface area contributed by atoms with Crippen molar-refractivity contribution in [2.45, 2.75) is 64.8 Å². The molecule has 0 aliphatic heterocycles. The molecule has 0 saturated carbocycles. The number of fused-ring (bicyclic) bond motifs is 3. The predicted molar refractivity (Wildman–Crippen MR) is 101 cm³/mol. The summed E-state index contributed by atoms with van der Waals surface area (Å²) in [5.41, 5.74) is 3.64. The molecule has 1 aromatic heterocycles. The number of unbranched alkanes of at least 4 members (excludes halogenated alkanes) is 1. The number of aryl methyl sites for hydroxylation is 1. The summed E-state index contributed by atoms with van der Waals surface area (Å²) in [5, 5.41) is 5.28. The largest absolute Gasteiger partial charge is 0.357 e. The lowest BCUT2D eigenvalue weighted by Gasteiger charge is -2.26. The molecule has 0 radical (unpaired) electrons. The van der Waals surface area contributed by atoms with Crippen molar-refractivity contribution in [1.82, 2.24) is 10.3 Å². The van der Waals surface area contributed by atoms with Gasteiger partial charge in [0.2, 0.25) is 5.91 Å². The van der Waals surface area contributed by atoms with Gasteiger partial charge in [-0.1, -0.05) is 50.4 Å². The molecule has 2 atom stereocenters. The molecule has 2 N–H and O–H groups in total. The second kappa shape index (κ2) is 7.60. The summed E-state index contributed by atoms with van der Waals surface area (Å²) in [6, 6.07) is 6.28. The number of carbonyl (C=O) groups is 1. The fourth-order valence-electron chi connectivity index (χ4n) is 3.82. The molecule has 0 spiro atoms. The van der Waals surface area contributed by atoms with Crippen molar-refractivity contribution < 1.29 is 4.79 Å². The molecule has 0 unspecified atom stereocenters. The minimum Gasteiger partial charge on any atom is -0.357 e. The lowest BCUT2D eigenvalue weighted by atomic mass is 9.90. The van der Waals surface area contributed by atoms with Gasteiger partial charge in [-0.05, 0) is 43.7 Å². The molecule has 24 heavy (non-hydrogen) atoms. The van der Waals surface area contributed by atoms with E-state index < -0.39 is 0 Å². The van der Waals surface area contributed by atoms with E-state index in [1.807, 2.05) is 12.1 Å². The standard InChI is InChI=1S/C20H27ClN2O/c1-3-5-7-13(4-2)20(24)22-14-10-11-18-16(12-14)15-8-6-9-17(21)19(15)23-18/h6,8-9,13-14,23H,3-5,7,10-12H2,1-2H3,(H,22,24)/t13-,14-/m1/s1. The number of aromatic amines is 1. The van der Waals surface area contributed by atoms with E-state index in [2.05, 4.69) is 30.2 Å². The Hall–Kier alpha value is -1.48. The average Bonchev–Trinajstić information content (AvgIpc) is 2.95. The molecule has 4 heteroatoms. The maximum Gasteiger partial charge on any atom is 0.223 e. The van der Waals surface area contributed by atoms with Crippen LogP contribution in [-0.2, 0) is 17.6 Å². The molecule has 1 heterocycles. The molecule has 1 aliphatic carbocycles. The van der Waals surface area contributed by atoms with Gasteiger partial charge in [0, 0.05) is 23.0 Å². The van der Waals surface area contributed by atoms with Crippen LogP contribution < -0.4 is 5.32 Å². The van der Waals surface area contributed by atoms with Gasteiger partial charge in [0.25, 0.3) is 0 Å². The van der Waals surface area contributed by atoms with E-state index in [1.54, 1.807) is 0 Å². The summed E-state index contributed by atoms with van der Waals surface area (Å²) in [7, 11) is 0. The number of H-pyrrole nitrogens is 1. The van der Waals surface area contributed by atoms with Crippen LogP contribution in [0.15, 0.2) is 18.2 Å². The van der Waals surface area contributed by atoms with Crippen LogP contribution >= 0.6 is 11.6 Å². The van der Waals surface area contributed by atoms with E-state index in [4.69, 9.17) is 11.6 Å². The van der Waals surface area contributed by atoms with E-state index in [0.717, 1.165) is 55.5 Å². The van der Waals surface area contributed by atoms with Gasteiger partial charge in [0.05, 0.1) is 10.5 Å².